The van der Waals surface area contributed by atoms with Gasteiger partial charge < -0.3 is 9.26 Å². The van der Waals surface area contributed by atoms with Crippen molar-refractivity contribution in [1.29, 1.82) is 0 Å². The summed E-state index contributed by atoms with van der Waals surface area (Å²) in [7, 11) is -1.99. The van der Waals surface area contributed by atoms with Crippen molar-refractivity contribution in [3.05, 3.63) is 65.4 Å². The van der Waals surface area contributed by atoms with E-state index in [9.17, 15) is 8.42 Å². The Balaban J connectivity index is 1.57. The Kier molecular flexibility index (Phi) is 5.29. The number of sulfonamides is 1. The van der Waals surface area contributed by atoms with E-state index in [-0.39, 0.29) is 17.4 Å². The highest BCUT2D eigenvalue weighted by atomic mass is 35.5. The Bertz CT molecular complexity index is 1280. The second-order valence-electron chi connectivity index (χ2n) is 6.36. The van der Waals surface area contributed by atoms with E-state index >= 15 is 0 Å². The van der Waals surface area contributed by atoms with Crippen LogP contribution in [0.5, 0.6) is 5.75 Å². The number of hydrogen-bond acceptors (Lipinski definition) is 7. The molecule has 11 heteroatoms. The van der Waals surface area contributed by atoms with Crippen LogP contribution < -0.4 is 9.88 Å². The average molecular weight is 446 g/mol. The summed E-state index contributed by atoms with van der Waals surface area (Å²) in [5.74, 6) is 1.23. The third-order valence-corrected chi connectivity index (χ3v) is 5.53. The van der Waals surface area contributed by atoms with Crippen LogP contribution in [-0.2, 0) is 23.7 Å². The SMILES string of the molecule is Cn1ncc(-c2nc(-c3ccc(S(N)(=O)=O)cc3)no2)c1COc1ccc(Cl)cc1. The van der Waals surface area contributed by atoms with E-state index < -0.39 is 10.0 Å². The molecule has 0 amide bonds. The predicted molar refractivity (Wildman–Crippen MR) is 109 cm³/mol. The second kappa shape index (κ2) is 7.90. The zero-order valence-corrected chi connectivity index (χ0v) is 17.3. The summed E-state index contributed by atoms with van der Waals surface area (Å²) in [4.78, 5) is 4.40. The molecule has 2 heterocycles. The topological polar surface area (TPSA) is 126 Å². The number of nitrogens with zero attached hydrogens (tertiary/aromatic N) is 4. The van der Waals surface area contributed by atoms with Gasteiger partial charge in [0.2, 0.25) is 15.8 Å². The summed E-state index contributed by atoms with van der Waals surface area (Å²) in [6, 6.07) is 12.9. The number of halogens is 1. The Morgan fingerprint density at radius 3 is 2.50 bits per heavy atom. The predicted octanol–water partition coefficient (Wildman–Crippen LogP) is 3.02. The molecule has 0 atom stereocenters. The lowest BCUT2D eigenvalue weighted by molar-refractivity contribution is 0.295. The molecule has 154 valence electrons. The first-order chi connectivity index (χ1) is 14.3. The molecule has 0 saturated carbocycles. The molecule has 4 aromatic rings. The highest BCUT2D eigenvalue weighted by Crippen LogP contribution is 2.26. The van der Waals surface area contributed by atoms with Gasteiger partial charge in [-0.25, -0.2) is 13.6 Å². The molecule has 0 spiro atoms. The number of aromatic nitrogens is 4. The van der Waals surface area contributed by atoms with Crippen LogP contribution >= 0.6 is 11.6 Å². The molecular weight excluding hydrogens is 430 g/mol. The Morgan fingerprint density at radius 2 is 1.83 bits per heavy atom. The summed E-state index contributed by atoms with van der Waals surface area (Å²) in [6.07, 6.45) is 1.61. The van der Waals surface area contributed by atoms with Crippen molar-refractivity contribution in [3.63, 3.8) is 0 Å². The van der Waals surface area contributed by atoms with Crippen molar-refractivity contribution in [2.24, 2.45) is 12.2 Å². The molecule has 0 saturated heterocycles. The summed E-state index contributed by atoms with van der Waals surface area (Å²) in [5, 5.41) is 14.0. The number of hydrogen-bond donors (Lipinski definition) is 1. The second-order valence-corrected chi connectivity index (χ2v) is 8.36. The fourth-order valence-corrected chi connectivity index (χ4v) is 3.38. The van der Waals surface area contributed by atoms with Crippen molar-refractivity contribution in [1.82, 2.24) is 19.9 Å². The lowest BCUT2D eigenvalue weighted by Gasteiger charge is -2.07. The van der Waals surface area contributed by atoms with E-state index in [4.69, 9.17) is 26.0 Å². The van der Waals surface area contributed by atoms with Gasteiger partial charge in [0.1, 0.15) is 12.4 Å². The first-order valence-corrected chi connectivity index (χ1v) is 10.6. The third-order valence-electron chi connectivity index (χ3n) is 4.35. The van der Waals surface area contributed by atoms with Crippen LogP contribution in [0.2, 0.25) is 5.02 Å². The van der Waals surface area contributed by atoms with E-state index in [0.717, 1.165) is 5.69 Å². The van der Waals surface area contributed by atoms with Gasteiger partial charge in [0.15, 0.2) is 0 Å². The van der Waals surface area contributed by atoms with Crippen molar-refractivity contribution in [3.8, 4) is 28.6 Å². The molecule has 2 N–H and O–H groups in total. The normalized spacial score (nSPS) is 11.6. The van der Waals surface area contributed by atoms with Crippen LogP contribution in [0.15, 0.2) is 64.1 Å². The molecule has 0 aliphatic heterocycles. The van der Waals surface area contributed by atoms with Crippen LogP contribution in [0.25, 0.3) is 22.8 Å². The van der Waals surface area contributed by atoms with E-state index in [1.165, 1.54) is 12.1 Å². The molecule has 0 radical (unpaired) electrons. The lowest BCUT2D eigenvalue weighted by Crippen LogP contribution is -2.11. The summed E-state index contributed by atoms with van der Waals surface area (Å²) in [6.45, 7) is 0.230. The maximum absolute atomic E-state index is 11.4. The molecular formula is C19H16ClN5O4S. The van der Waals surface area contributed by atoms with Crippen molar-refractivity contribution in [2.45, 2.75) is 11.5 Å². The van der Waals surface area contributed by atoms with E-state index in [1.54, 1.807) is 54.3 Å². The van der Waals surface area contributed by atoms with Crippen LogP contribution in [0.3, 0.4) is 0 Å². The largest absolute Gasteiger partial charge is 0.487 e. The highest BCUT2D eigenvalue weighted by molar-refractivity contribution is 7.89. The zero-order chi connectivity index (χ0) is 21.3. The minimum atomic E-state index is -3.77. The minimum Gasteiger partial charge on any atom is -0.487 e. The van der Waals surface area contributed by atoms with E-state index in [2.05, 4.69) is 15.2 Å². The van der Waals surface area contributed by atoms with Crippen LogP contribution in [0, 0.1) is 0 Å². The molecule has 4 rings (SSSR count). The maximum atomic E-state index is 11.4. The number of ether oxygens (including phenoxy) is 1. The van der Waals surface area contributed by atoms with Gasteiger partial charge in [-0.05, 0) is 48.5 Å². The summed E-state index contributed by atoms with van der Waals surface area (Å²) in [5.41, 5.74) is 1.95. The first kappa shape index (κ1) is 20.1. The standard InChI is InChI=1S/C19H16ClN5O4S/c1-25-17(11-28-14-6-4-13(20)5-7-14)16(10-22-25)19-23-18(24-29-19)12-2-8-15(9-3-12)30(21,26)27/h2-10H,11H2,1H3,(H2,21,26,27). The number of nitrogens with two attached hydrogens (primary N) is 1. The quantitative estimate of drug-likeness (QED) is 0.483. The van der Waals surface area contributed by atoms with Gasteiger partial charge in [-0.2, -0.15) is 10.1 Å². The van der Waals surface area contributed by atoms with Crippen LogP contribution in [0.4, 0.5) is 0 Å². The monoisotopic (exact) mass is 445 g/mol. The molecule has 0 fully saturated rings. The van der Waals surface area contributed by atoms with E-state index in [0.29, 0.717) is 27.7 Å². The van der Waals surface area contributed by atoms with Gasteiger partial charge in [0, 0.05) is 17.6 Å². The van der Waals surface area contributed by atoms with Crippen molar-refractivity contribution in [2.75, 3.05) is 0 Å². The molecule has 0 aliphatic carbocycles. The van der Waals surface area contributed by atoms with E-state index in [1.807, 2.05) is 0 Å². The Labute approximate surface area is 177 Å². The van der Waals surface area contributed by atoms with Gasteiger partial charge in [0.25, 0.3) is 5.89 Å². The maximum Gasteiger partial charge on any atom is 0.261 e. The molecule has 2 aromatic heterocycles. The molecule has 0 aliphatic rings. The number of primary sulfonamides is 1. The van der Waals surface area contributed by atoms with Crippen molar-refractivity contribution >= 4 is 21.6 Å². The molecule has 2 aromatic carbocycles. The Morgan fingerprint density at radius 1 is 1.13 bits per heavy atom. The number of aryl methyl sites for hydroxylation is 1. The van der Waals surface area contributed by atoms with Crippen molar-refractivity contribution < 1.29 is 17.7 Å². The smallest absolute Gasteiger partial charge is 0.261 e. The van der Waals surface area contributed by atoms with Crippen LogP contribution in [0.1, 0.15) is 5.69 Å². The number of rotatable bonds is 6. The fourth-order valence-electron chi connectivity index (χ4n) is 2.74. The summed E-state index contributed by atoms with van der Waals surface area (Å²) < 4.78 is 35.6. The first-order valence-electron chi connectivity index (χ1n) is 8.68. The fraction of sp³-hybridized carbons (Fsp3) is 0.105. The van der Waals surface area contributed by atoms with Gasteiger partial charge in [0.05, 0.1) is 22.3 Å². The summed E-state index contributed by atoms with van der Waals surface area (Å²) >= 11 is 5.89. The molecule has 9 nitrogen and oxygen atoms in total. The third kappa shape index (κ3) is 4.20. The van der Waals surface area contributed by atoms with Gasteiger partial charge in [-0.1, -0.05) is 16.8 Å². The average Bonchev–Trinajstić information content (AvgIpc) is 3.34. The zero-order valence-electron chi connectivity index (χ0n) is 15.7. The lowest BCUT2D eigenvalue weighted by atomic mass is 10.2. The van der Waals surface area contributed by atoms with Crippen LogP contribution in [-0.4, -0.2) is 28.3 Å². The molecule has 0 unspecified atom stereocenters. The molecule has 0 bridgehead atoms. The minimum absolute atomic E-state index is 0.00358. The molecule has 30 heavy (non-hydrogen) atoms. The highest BCUT2D eigenvalue weighted by Gasteiger charge is 2.19. The Hall–Kier alpha value is -3.21. The number of benzene rings is 2. The van der Waals surface area contributed by atoms with Gasteiger partial charge in [-0.3, -0.25) is 4.68 Å². The van der Waals surface area contributed by atoms with Gasteiger partial charge >= 0.3 is 0 Å². The van der Waals surface area contributed by atoms with Gasteiger partial charge in [-0.15, -0.1) is 0 Å².